The summed E-state index contributed by atoms with van der Waals surface area (Å²) in [7, 11) is -1.41. The summed E-state index contributed by atoms with van der Waals surface area (Å²) < 4.78 is 21.2. The zero-order chi connectivity index (χ0) is 15.4. The van der Waals surface area contributed by atoms with Gasteiger partial charge >= 0.3 is 0 Å². The number of nitrogens with one attached hydrogen (secondary N) is 1. The monoisotopic (exact) mass is 388 g/mol. The van der Waals surface area contributed by atoms with Gasteiger partial charge in [-0.05, 0) is 60.1 Å². The average molecular weight is 390 g/mol. The second kappa shape index (κ2) is 7.24. The van der Waals surface area contributed by atoms with Crippen molar-refractivity contribution in [3.63, 3.8) is 0 Å². The summed E-state index contributed by atoms with van der Waals surface area (Å²) in [6.07, 6.45) is 1.62. The molecule has 1 aromatic carbocycles. The van der Waals surface area contributed by atoms with E-state index in [1.165, 1.54) is 6.20 Å². The number of hydrogen-bond acceptors (Lipinski definition) is 3. The van der Waals surface area contributed by atoms with E-state index in [2.05, 4.69) is 25.6 Å². The maximum atomic E-state index is 12.3. The fourth-order valence-corrected chi connectivity index (χ4v) is 3.03. The molecule has 0 aliphatic carbocycles. The van der Waals surface area contributed by atoms with Gasteiger partial charge in [0, 0.05) is 6.20 Å². The molecule has 21 heavy (non-hydrogen) atoms. The number of nitrogens with zero attached hydrogens (tertiary/aromatic N) is 1. The van der Waals surface area contributed by atoms with Crippen molar-refractivity contribution in [3.8, 4) is 5.75 Å². The lowest BCUT2D eigenvalue weighted by Crippen LogP contribution is -2.07. The highest BCUT2D eigenvalue weighted by atomic mass is 79.9. The van der Waals surface area contributed by atoms with E-state index in [1.807, 2.05) is 13.8 Å². The van der Waals surface area contributed by atoms with E-state index in [0.717, 1.165) is 5.75 Å². The molecule has 0 fully saturated rings. The van der Waals surface area contributed by atoms with Crippen molar-refractivity contribution in [1.82, 2.24) is 4.98 Å². The summed E-state index contributed by atoms with van der Waals surface area (Å²) in [6, 6.07) is 8.76. The fourth-order valence-electron chi connectivity index (χ4n) is 1.57. The third-order valence-electron chi connectivity index (χ3n) is 2.42. The number of aromatic nitrogens is 1. The van der Waals surface area contributed by atoms with Crippen molar-refractivity contribution in [2.24, 2.45) is 0 Å². The maximum Gasteiger partial charge on any atom is 0.150 e. The van der Waals surface area contributed by atoms with Crippen LogP contribution in [0.1, 0.15) is 13.8 Å². The Morgan fingerprint density at radius 1 is 1.33 bits per heavy atom. The number of ether oxygens (including phenoxy) is 1. The number of pyridine rings is 1. The van der Waals surface area contributed by atoms with Crippen LogP contribution in [0.5, 0.6) is 5.75 Å². The van der Waals surface area contributed by atoms with Crippen molar-refractivity contribution in [1.29, 1.82) is 0 Å². The standard InChI is InChI=1S/C14H14BrClN2O2S/c1-9(2)20-11-3-5-12(6-4-11)21(19)18-13-7-10(16)8-17-14(13)15/h3-9,18H,1-2H3. The molecule has 4 nitrogen and oxygen atoms in total. The smallest absolute Gasteiger partial charge is 0.150 e. The molecule has 0 aliphatic heterocycles. The van der Waals surface area contributed by atoms with Gasteiger partial charge in [0.05, 0.1) is 21.7 Å². The maximum absolute atomic E-state index is 12.3. The van der Waals surface area contributed by atoms with Gasteiger partial charge in [-0.25, -0.2) is 9.19 Å². The SMILES string of the molecule is CC(C)Oc1ccc(S(=O)Nc2cc(Cl)cnc2Br)cc1. The van der Waals surface area contributed by atoms with E-state index in [9.17, 15) is 4.21 Å². The molecule has 0 saturated carbocycles. The van der Waals surface area contributed by atoms with Crippen LogP contribution in [0, 0.1) is 0 Å². The van der Waals surface area contributed by atoms with Crippen molar-refractivity contribution >= 4 is 44.2 Å². The molecule has 7 heteroatoms. The molecular formula is C14H14BrClN2O2S. The van der Waals surface area contributed by atoms with E-state index in [4.69, 9.17) is 16.3 Å². The zero-order valence-corrected chi connectivity index (χ0v) is 14.6. The van der Waals surface area contributed by atoms with Gasteiger partial charge < -0.3 is 4.74 Å². The lowest BCUT2D eigenvalue weighted by atomic mass is 10.3. The Labute approximate surface area is 139 Å². The summed E-state index contributed by atoms with van der Waals surface area (Å²) in [5, 5.41) is 0.471. The normalized spacial score (nSPS) is 12.2. The summed E-state index contributed by atoms with van der Waals surface area (Å²) in [4.78, 5) is 4.68. The molecule has 1 unspecified atom stereocenters. The zero-order valence-electron chi connectivity index (χ0n) is 11.5. The van der Waals surface area contributed by atoms with Crippen LogP contribution in [0.3, 0.4) is 0 Å². The highest BCUT2D eigenvalue weighted by Gasteiger charge is 2.09. The average Bonchev–Trinajstić information content (AvgIpc) is 2.43. The molecule has 0 bridgehead atoms. The molecule has 2 rings (SSSR count). The predicted octanol–water partition coefficient (Wildman–Crippen LogP) is 4.42. The van der Waals surface area contributed by atoms with E-state index >= 15 is 0 Å². The van der Waals surface area contributed by atoms with Gasteiger partial charge in [-0.15, -0.1) is 0 Å². The Bertz CT molecular complexity index is 650. The lowest BCUT2D eigenvalue weighted by molar-refractivity contribution is 0.242. The van der Waals surface area contributed by atoms with E-state index in [0.29, 0.717) is 20.2 Å². The van der Waals surface area contributed by atoms with E-state index in [1.54, 1.807) is 30.3 Å². The van der Waals surface area contributed by atoms with Gasteiger partial charge in [0.1, 0.15) is 21.3 Å². The molecule has 1 aromatic heterocycles. The second-order valence-corrected chi connectivity index (χ2v) is 6.90. The highest BCUT2D eigenvalue weighted by molar-refractivity contribution is 9.10. The van der Waals surface area contributed by atoms with Gasteiger partial charge in [-0.1, -0.05) is 11.6 Å². The molecule has 0 spiro atoms. The van der Waals surface area contributed by atoms with Crippen molar-refractivity contribution in [3.05, 3.63) is 46.2 Å². The van der Waals surface area contributed by atoms with Gasteiger partial charge in [-0.3, -0.25) is 4.72 Å². The van der Waals surface area contributed by atoms with Crippen molar-refractivity contribution < 1.29 is 8.95 Å². The summed E-state index contributed by atoms with van der Waals surface area (Å²) in [5.74, 6) is 0.747. The number of rotatable bonds is 5. The quantitative estimate of drug-likeness (QED) is 0.770. The van der Waals surface area contributed by atoms with Crippen LogP contribution in [0.4, 0.5) is 5.69 Å². The van der Waals surface area contributed by atoms with E-state index in [-0.39, 0.29) is 6.10 Å². The topological polar surface area (TPSA) is 51.2 Å². The number of halogens is 2. The molecule has 0 aliphatic rings. The minimum atomic E-state index is -1.41. The molecule has 0 saturated heterocycles. The highest BCUT2D eigenvalue weighted by Crippen LogP contribution is 2.25. The Morgan fingerprint density at radius 2 is 2.00 bits per heavy atom. The van der Waals surface area contributed by atoms with Crippen LogP contribution >= 0.6 is 27.5 Å². The Hall–Kier alpha value is -1.11. The first kappa shape index (κ1) is 16.3. The number of benzene rings is 1. The van der Waals surface area contributed by atoms with Crippen LogP contribution in [0.2, 0.25) is 5.02 Å². The number of anilines is 1. The first-order valence-corrected chi connectivity index (χ1v) is 8.54. The first-order valence-electron chi connectivity index (χ1n) is 6.22. The molecule has 2 aromatic rings. The van der Waals surface area contributed by atoms with Crippen LogP contribution in [-0.4, -0.2) is 15.3 Å². The largest absolute Gasteiger partial charge is 0.491 e. The van der Waals surface area contributed by atoms with Crippen LogP contribution in [0.15, 0.2) is 46.0 Å². The van der Waals surface area contributed by atoms with Crippen LogP contribution < -0.4 is 9.46 Å². The van der Waals surface area contributed by atoms with Gasteiger partial charge in [0.2, 0.25) is 0 Å². The predicted molar refractivity (Wildman–Crippen MR) is 89.2 cm³/mol. The molecule has 1 N–H and O–H groups in total. The Balaban J connectivity index is 2.11. The summed E-state index contributed by atoms with van der Waals surface area (Å²) in [6.45, 7) is 3.91. The third-order valence-corrected chi connectivity index (χ3v) is 4.36. The van der Waals surface area contributed by atoms with Gasteiger partial charge in [-0.2, -0.15) is 0 Å². The molecule has 1 atom stereocenters. The van der Waals surface area contributed by atoms with Gasteiger partial charge in [0.15, 0.2) is 0 Å². The molecule has 112 valence electrons. The van der Waals surface area contributed by atoms with Crippen LogP contribution in [0.25, 0.3) is 0 Å². The minimum Gasteiger partial charge on any atom is -0.491 e. The second-order valence-electron chi connectivity index (χ2n) is 4.50. The van der Waals surface area contributed by atoms with Gasteiger partial charge in [0.25, 0.3) is 0 Å². The third kappa shape index (κ3) is 4.69. The van der Waals surface area contributed by atoms with Crippen molar-refractivity contribution in [2.75, 3.05) is 4.72 Å². The summed E-state index contributed by atoms with van der Waals surface area (Å²) >= 11 is 9.16. The number of hydrogen-bond donors (Lipinski definition) is 1. The van der Waals surface area contributed by atoms with E-state index < -0.39 is 11.0 Å². The molecule has 0 radical (unpaired) electrons. The molecular weight excluding hydrogens is 376 g/mol. The molecule has 0 amide bonds. The fraction of sp³-hybridized carbons (Fsp3) is 0.214. The Morgan fingerprint density at radius 3 is 2.62 bits per heavy atom. The van der Waals surface area contributed by atoms with Crippen molar-refractivity contribution in [2.45, 2.75) is 24.8 Å². The minimum absolute atomic E-state index is 0.105. The van der Waals surface area contributed by atoms with Crippen LogP contribution in [-0.2, 0) is 11.0 Å². The Kier molecular flexibility index (Phi) is 5.61. The lowest BCUT2D eigenvalue weighted by Gasteiger charge is -2.11. The summed E-state index contributed by atoms with van der Waals surface area (Å²) in [5.41, 5.74) is 0.573. The first-order chi connectivity index (χ1) is 9.95. The molecule has 1 heterocycles.